The van der Waals surface area contributed by atoms with Gasteiger partial charge in [0, 0.05) is 10.4 Å². The average Bonchev–Trinajstić information content (AvgIpc) is 2.39. The lowest BCUT2D eigenvalue weighted by atomic mass is 9.78. The Bertz CT molecular complexity index is 667. The highest BCUT2D eigenvalue weighted by atomic mass is 79.9. The molecule has 1 atom stereocenters. The summed E-state index contributed by atoms with van der Waals surface area (Å²) in [7, 11) is 0. The molecule has 0 saturated heterocycles. The number of halogens is 1. The molecule has 0 aromatic heterocycles. The van der Waals surface area contributed by atoms with E-state index in [0.717, 1.165) is 10.9 Å². The maximum absolute atomic E-state index is 11.2. The van der Waals surface area contributed by atoms with E-state index in [-0.39, 0.29) is 5.56 Å². The van der Waals surface area contributed by atoms with Crippen LogP contribution in [-0.4, -0.2) is 17.7 Å². The lowest BCUT2D eigenvalue weighted by Gasteiger charge is -2.30. The fourth-order valence-electron chi connectivity index (χ4n) is 2.49. The van der Waals surface area contributed by atoms with E-state index >= 15 is 0 Å². The molecule has 0 aliphatic heterocycles. The summed E-state index contributed by atoms with van der Waals surface area (Å²) in [4.78, 5) is 11.2. The molecule has 1 N–H and O–H groups in total. The van der Waals surface area contributed by atoms with Gasteiger partial charge in [0.2, 0.25) is 0 Å². The minimum atomic E-state index is -0.971. The van der Waals surface area contributed by atoms with Crippen molar-refractivity contribution in [2.24, 2.45) is 0 Å². The third-order valence-electron chi connectivity index (χ3n) is 3.58. The van der Waals surface area contributed by atoms with E-state index in [2.05, 4.69) is 28.1 Å². The number of ether oxygens (including phenoxy) is 1. The zero-order valence-electron chi connectivity index (χ0n) is 10.7. The molecule has 0 radical (unpaired) electrons. The summed E-state index contributed by atoms with van der Waals surface area (Å²) in [6, 6.07) is 13.2. The predicted octanol–water partition coefficient (Wildman–Crippen LogP) is 3.87. The van der Waals surface area contributed by atoms with Gasteiger partial charge < -0.3 is 9.84 Å². The molecule has 20 heavy (non-hydrogen) atoms. The SMILES string of the molecule is O=C(O)c1ccc(Br)cc1OCC1Cc2ccccc21. The van der Waals surface area contributed by atoms with Gasteiger partial charge in [0.1, 0.15) is 11.3 Å². The Labute approximate surface area is 125 Å². The molecule has 0 amide bonds. The van der Waals surface area contributed by atoms with Crippen LogP contribution in [0.5, 0.6) is 5.75 Å². The van der Waals surface area contributed by atoms with Crippen LogP contribution in [0.4, 0.5) is 0 Å². The fourth-order valence-corrected chi connectivity index (χ4v) is 2.83. The van der Waals surface area contributed by atoms with Crippen molar-refractivity contribution in [2.45, 2.75) is 12.3 Å². The Kier molecular flexibility index (Phi) is 3.49. The Balaban J connectivity index is 1.74. The smallest absolute Gasteiger partial charge is 0.339 e. The highest BCUT2D eigenvalue weighted by Crippen LogP contribution is 2.35. The van der Waals surface area contributed by atoms with E-state index in [4.69, 9.17) is 9.84 Å². The molecule has 102 valence electrons. The summed E-state index contributed by atoms with van der Waals surface area (Å²) in [5.41, 5.74) is 2.86. The first kappa shape index (κ1) is 13.2. The second-order valence-electron chi connectivity index (χ2n) is 4.86. The van der Waals surface area contributed by atoms with Gasteiger partial charge in [-0.3, -0.25) is 0 Å². The largest absolute Gasteiger partial charge is 0.492 e. The van der Waals surface area contributed by atoms with Gasteiger partial charge in [-0.25, -0.2) is 4.79 Å². The zero-order valence-corrected chi connectivity index (χ0v) is 12.3. The Morgan fingerprint density at radius 3 is 2.85 bits per heavy atom. The van der Waals surface area contributed by atoms with Crippen LogP contribution in [0.15, 0.2) is 46.9 Å². The quantitative estimate of drug-likeness (QED) is 0.924. The summed E-state index contributed by atoms with van der Waals surface area (Å²) in [5.74, 6) is -0.204. The van der Waals surface area contributed by atoms with E-state index in [0.29, 0.717) is 18.3 Å². The number of aromatic carboxylic acids is 1. The van der Waals surface area contributed by atoms with Crippen LogP contribution in [0.3, 0.4) is 0 Å². The normalized spacial score (nSPS) is 16.1. The maximum Gasteiger partial charge on any atom is 0.339 e. The molecule has 3 rings (SSSR count). The van der Waals surface area contributed by atoms with E-state index < -0.39 is 5.97 Å². The molecular formula is C16H13BrO3. The monoisotopic (exact) mass is 332 g/mol. The van der Waals surface area contributed by atoms with Gasteiger partial charge >= 0.3 is 5.97 Å². The van der Waals surface area contributed by atoms with Gasteiger partial charge in [-0.05, 0) is 35.7 Å². The van der Waals surface area contributed by atoms with Crippen LogP contribution >= 0.6 is 15.9 Å². The maximum atomic E-state index is 11.2. The molecule has 1 aliphatic rings. The second-order valence-corrected chi connectivity index (χ2v) is 5.77. The van der Waals surface area contributed by atoms with Crippen molar-refractivity contribution < 1.29 is 14.6 Å². The van der Waals surface area contributed by atoms with Crippen molar-refractivity contribution in [3.8, 4) is 5.75 Å². The molecule has 3 nitrogen and oxygen atoms in total. The predicted molar refractivity (Wildman–Crippen MR) is 79.5 cm³/mol. The Hall–Kier alpha value is -1.81. The van der Waals surface area contributed by atoms with Gasteiger partial charge in [-0.2, -0.15) is 0 Å². The average molecular weight is 333 g/mol. The first-order valence-corrected chi connectivity index (χ1v) is 7.18. The molecule has 1 aliphatic carbocycles. The van der Waals surface area contributed by atoms with Crippen molar-refractivity contribution >= 4 is 21.9 Å². The van der Waals surface area contributed by atoms with Crippen LogP contribution in [0, 0.1) is 0 Å². The van der Waals surface area contributed by atoms with E-state index in [1.165, 1.54) is 11.1 Å². The molecule has 0 bridgehead atoms. The van der Waals surface area contributed by atoms with Gasteiger partial charge in [-0.1, -0.05) is 40.2 Å². The van der Waals surface area contributed by atoms with Crippen molar-refractivity contribution in [3.63, 3.8) is 0 Å². The number of benzene rings is 2. The second kappa shape index (κ2) is 5.29. The van der Waals surface area contributed by atoms with E-state index in [1.807, 2.05) is 12.1 Å². The summed E-state index contributed by atoms with van der Waals surface area (Å²) in [5, 5.41) is 9.16. The minimum absolute atomic E-state index is 0.195. The highest BCUT2D eigenvalue weighted by Gasteiger charge is 2.26. The molecule has 0 fully saturated rings. The summed E-state index contributed by atoms with van der Waals surface area (Å²) >= 11 is 3.34. The number of hydrogen-bond acceptors (Lipinski definition) is 2. The Morgan fingerprint density at radius 1 is 1.30 bits per heavy atom. The Morgan fingerprint density at radius 2 is 2.10 bits per heavy atom. The third kappa shape index (κ3) is 2.43. The summed E-state index contributed by atoms with van der Waals surface area (Å²) in [6.07, 6.45) is 0.993. The van der Waals surface area contributed by atoms with Crippen molar-refractivity contribution in [3.05, 3.63) is 63.6 Å². The van der Waals surface area contributed by atoms with Crippen LogP contribution in [0.1, 0.15) is 27.4 Å². The number of carboxylic acid groups (broad SMARTS) is 1. The van der Waals surface area contributed by atoms with Crippen molar-refractivity contribution in [1.29, 1.82) is 0 Å². The number of hydrogen-bond donors (Lipinski definition) is 1. The van der Waals surface area contributed by atoms with E-state index in [9.17, 15) is 4.79 Å². The molecular weight excluding hydrogens is 320 g/mol. The topological polar surface area (TPSA) is 46.5 Å². The highest BCUT2D eigenvalue weighted by molar-refractivity contribution is 9.10. The zero-order chi connectivity index (χ0) is 14.1. The molecule has 0 saturated carbocycles. The first-order valence-electron chi connectivity index (χ1n) is 6.38. The van der Waals surface area contributed by atoms with E-state index in [1.54, 1.807) is 18.2 Å². The molecule has 1 unspecified atom stereocenters. The fraction of sp³-hybridized carbons (Fsp3) is 0.188. The van der Waals surface area contributed by atoms with Crippen LogP contribution < -0.4 is 4.74 Å². The number of fused-ring (bicyclic) bond motifs is 1. The molecule has 0 spiro atoms. The molecule has 4 heteroatoms. The summed E-state index contributed by atoms with van der Waals surface area (Å²) in [6.45, 7) is 0.508. The third-order valence-corrected chi connectivity index (χ3v) is 4.07. The standard InChI is InChI=1S/C16H13BrO3/c17-12-5-6-14(16(18)19)15(8-12)20-9-11-7-10-3-1-2-4-13(10)11/h1-6,8,11H,7,9H2,(H,18,19). The first-order chi connectivity index (χ1) is 9.65. The van der Waals surface area contributed by atoms with Crippen molar-refractivity contribution in [1.82, 2.24) is 0 Å². The van der Waals surface area contributed by atoms with Gasteiger partial charge in [0.05, 0.1) is 6.61 Å². The van der Waals surface area contributed by atoms with Crippen LogP contribution in [0.2, 0.25) is 0 Å². The summed E-state index contributed by atoms with van der Waals surface area (Å²) < 4.78 is 6.54. The minimum Gasteiger partial charge on any atom is -0.492 e. The van der Waals surface area contributed by atoms with Crippen LogP contribution in [-0.2, 0) is 6.42 Å². The van der Waals surface area contributed by atoms with Crippen molar-refractivity contribution in [2.75, 3.05) is 6.61 Å². The molecule has 2 aromatic rings. The van der Waals surface area contributed by atoms with Gasteiger partial charge in [-0.15, -0.1) is 0 Å². The lowest BCUT2D eigenvalue weighted by molar-refractivity contribution is 0.0691. The number of rotatable bonds is 4. The number of carbonyl (C=O) groups is 1. The molecule has 2 aromatic carbocycles. The van der Waals surface area contributed by atoms with Gasteiger partial charge in [0.25, 0.3) is 0 Å². The lowest BCUT2D eigenvalue weighted by Crippen LogP contribution is -2.23. The van der Waals surface area contributed by atoms with Crippen LogP contribution in [0.25, 0.3) is 0 Å². The number of carboxylic acids is 1. The van der Waals surface area contributed by atoms with Gasteiger partial charge in [0.15, 0.2) is 0 Å². The molecule has 0 heterocycles.